The molecule has 0 fully saturated rings. The molecule has 0 spiro atoms. The summed E-state index contributed by atoms with van der Waals surface area (Å²) in [5.74, 6) is -0.908. The Morgan fingerprint density at radius 1 is 1.10 bits per heavy atom. The van der Waals surface area contributed by atoms with E-state index in [0.717, 1.165) is 17.4 Å². The second kappa shape index (κ2) is 5.17. The Morgan fingerprint density at radius 3 is 2.65 bits per heavy atom. The zero-order chi connectivity index (χ0) is 13.9. The second-order valence-corrected chi connectivity index (χ2v) is 4.65. The molecule has 1 N–H and O–H groups in total. The lowest BCUT2D eigenvalue weighted by atomic mass is 9.99. The van der Waals surface area contributed by atoms with E-state index in [-0.39, 0.29) is 6.42 Å². The van der Waals surface area contributed by atoms with Gasteiger partial charge in [-0.05, 0) is 23.6 Å². The zero-order valence-electron chi connectivity index (χ0n) is 10.7. The predicted molar refractivity (Wildman–Crippen MR) is 74.6 cm³/mol. The van der Waals surface area contributed by atoms with E-state index in [1.54, 1.807) is 0 Å². The number of aromatic nitrogens is 1. The van der Waals surface area contributed by atoms with E-state index < -0.39 is 5.97 Å². The predicted octanol–water partition coefficient (Wildman–Crippen LogP) is 3.05. The molecule has 4 nitrogen and oxygen atoms in total. The van der Waals surface area contributed by atoms with E-state index >= 15 is 0 Å². The molecule has 0 unspecified atom stereocenters. The van der Waals surface area contributed by atoms with Gasteiger partial charge in [0, 0.05) is 5.39 Å². The molecule has 20 heavy (non-hydrogen) atoms. The van der Waals surface area contributed by atoms with E-state index in [9.17, 15) is 4.79 Å². The van der Waals surface area contributed by atoms with Crippen LogP contribution in [0.3, 0.4) is 0 Å². The van der Waals surface area contributed by atoms with Crippen molar-refractivity contribution in [3.8, 4) is 0 Å². The van der Waals surface area contributed by atoms with Gasteiger partial charge in [-0.3, -0.25) is 4.79 Å². The molecule has 0 bridgehead atoms. The van der Waals surface area contributed by atoms with Gasteiger partial charge in [-0.1, -0.05) is 47.6 Å². The van der Waals surface area contributed by atoms with E-state index in [1.165, 1.54) is 5.56 Å². The van der Waals surface area contributed by atoms with Crippen LogP contribution in [0, 0.1) is 0 Å². The maximum absolute atomic E-state index is 10.9. The minimum Gasteiger partial charge on any atom is -0.481 e. The van der Waals surface area contributed by atoms with Gasteiger partial charge >= 0.3 is 5.97 Å². The first-order valence-corrected chi connectivity index (χ1v) is 6.36. The van der Waals surface area contributed by atoms with Crippen LogP contribution in [0.25, 0.3) is 11.0 Å². The molecular weight excluding hydrogens is 254 g/mol. The third-order valence-electron chi connectivity index (χ3n) is 3.21. The first-order valence-electron chi connectivity index (χ1n) is 6.36. The Hall–Kier alpha value is -2.62. The smallest absolute Gasteiger partial charge is 0.309 e. The monoisotopic (exact) mass is 267 g/mol. The molecule has 3 aromatic rings. The van der Waals surface area contributed by atoms with Gasteiger partial charge in [-0.2, -0.15) is 0 Å². The normalized spacial score (nSPS) is 10.8. The van der Waals surface area contributed by atoms with Gasteiger partial charge in [0.15, 0.2) is 5.58 Å². The lowest BCUT2D eigenvalue weighted by molar-refractivity contribution is -0.136. The number of carbonyl (C=O) groups is 1. The van der Waals surface area contributed by atoms with Gasteiger partial charge in [0.05, 0.1) is 6.42 Å². The van der Waals surface area contributed by atoms with Crippen LogP contribution >= 0.6 is 0 Å². The number of nitrogens with zero attached hydrogens (tertiary/aromatic N) is 1. The van der Waals surface area contributed by atoms with Crippen molar-refractivity contribution >= 4 is 16.9 Å². The molecule has 0 saturated carbocycles. The summed E-state index contributed by atoms with van der Waals surface area (Å²) in [5, 5.41) is 13.6. The molecule has 0 radical (unpaired) electrons. The SMILES string of the molecule is O=C(O)Cc1noc2cccc(Cc3ccccc3)c12. The Kier molecular flexibility index (Phi) is 3.21. The lowest BCUT2D eigenvalue weighted by Gasteiger charge is -2.04. The fourth-order valence-corrected chi connectivity index (χ4v) is 2.36. The first kappa shape index (κ1) is 12.4. The van der Waals surface area contributed by atoms with E-state index in [4.69, 9.17) is 9.63 Å². The van der Waals surface area contributed by atoms with Crippen molar-refractivity contribution in [2.24, 2.45) is 0 Å². The molecular formula is C16H13NO3. The summed E-state index contributed by atoms with van der Waals surface area (Å²) in [6.07, 6.45) is 0.602. The standard InChI is InChI=1S/C16H13NO3/c18-15(19)10-13-16-12(7-4-8-14(16)20-17-13)9-11-5-2-1-3-6-11/h1-8H,9-10H2,(H,18,19). The maximum atomic E-state index is 10.9. The van der Waals surface area contributed by atoms with Crippen LogP contribution in [-0.2, 0) is 17.6 Å². The molecule has 1 heterocycles. The van der Waals surface area contributed by atoms with Gasteiger partial charge in [0.1, 0.15) is 5.69 Å². The summed E-state index contributed by atoms with van der Waals surface area (Å²) in [6, 6.07) is 15.7. The summed E-state index contributed by atoms with van der Waals surface area (Å²) in [5.41, 5.74) is 3.32. The number of fused-ring (bicyclic) bond motifs is 1. The van der Waals surface area contributed by atoms with Crippen molar-refractivity contribution in [3.05, 3.63) is 65.4 Å². The zero-order valence-corrected chi connectivity index (χ0v) is 10.7. The first-order chi connectivity index (χ1) is 9.74. The molecule has 2 aromatic carbocycles. The van der Waals surface area contributed by atoms with Crippen LogP contribution in [-0.4, -0.2) is 16.2 Å². The third-order valence-corrected chi connectivity index (χ3v) is 3.21. The highest BCUT2D eigenvalue weighted by Crippen LogP contribution is 2.25. The van der Waals surface area contributed by atoms with Gasteiger partial charge in [-0.15, -0.1) is 0 Å². The Morgan fingerprint density at radius 2 is 1.90 bits per heavy atom. The number of hydrogen-bond acceptors (Lipinski definition) is 3. The van der Waals surface area contributed by atoms with E-state index in [2.05, 4.69) is 5.16 Å². The van der Waals surface area contributed by atoms with Crippen LogP contribution in [0.5, 0.6) is 0 Å². The van der Waals surface area contributed by atoms with Crippen molar-refractivity contribution in [3.63, 3.8) is 0 Å². The van der Waals surface area contributed by atoms with Gasteiger partial charge in [-0.25, -0.2) is 0 Å². The van der Waals surface area contributed by atoms with Crippen LogP contribution < -0.4 is 0 Å². The van der Waals surface area contributed by atoms with Gasteiger partial charge in [0.2, 0.25) is 0 Å². The van der Waals surface area contributed by atoms with Crippen molar-refractivity contribution in [1.82, 2.24) is 5.16 Å². The lowest BCUT2D eigenvalue weighted by Crippen LogP contribution is -2.01. The summed E-state index contributed by atoms with van der Waals surface area (Å²) >= 11 is 0. The number of aliphatic carboxylic acids is 1. The van der Waals surface area contributed by atoms with E-state index in [0.29, 0.717) is 11.3 Å². The van der Waals surface area contributed by atoms with Crippen LogP contribution in [0.1, 0.15) is 16.8 Å². The number of hydrogen-bond donors (Lipinski definition) is 1. The number of rotatable bonds is 4. The highest BCUT2D eigenvalue weighted by Gasteiger charge is 2.15. The molecule has 0 aliphatic carbocycles. The van der Waals surface area contributed by atoms with Crippen molar-refractivity contribution < 1.29 is 14.4 Å². The summed E-state index contributed by atoms with van der Waals surface area (Å²) < 4.78 is 5.21. The number of carboxylic acids is 1. The topological polar surface area (TPSA) is 63.3 Å². The summed E-state index contributed by atoms with van der Waals surface area (Å²) in [7, 11) is 0. The summed E-state index contributed by atoms with van der Waals surface area (Å²) in [6.45, 7) is 0. The summed E-state index contributed by atoms with van der Waals surface area (Å²) in [4.78, 5) is 10.9. The highest BCUT2D eigenvalue weighted by molar-refractivity contribution is 5.86. The van der Waals surface area contributed by atoms with Crippen molar-refractivity contribution in [2.45, 2.75) is 12.8 Å². The average Bonchev–Trinajstić information content (AvgIpc) is 2.84. The third kappa shape index (κ3) is 2.40. The Balaban J connectivity index is 2.05. The molecule has 0 aliphatic heterocycles. The van der Waals surface area contributed by atoms with Crippen molar-refractivity contribution in [1.29, 1.82) is 0 Å². The number of benzene rings is 2. The number of carboxylic acid groups (broad SMARTS) is 1. The second-order valence-electron chi connectivity index (χ2n) is 4.65. The van der Waals surface area contributed by atoms with Gasteiger partial charge < -0.3 is 9.63 Å². The maximum Gasteiger partial charge on any atom is 0.309 e. The molecule has 0 saturated heterocycles. The Bertz CT molecular complexity index is 747. The minimum atomic E-state index is -0.908. The molecule has 1 aromatic heterocycles. The molecule has 0 atom stereocenters. The molecule has 100 valence electrons. The fraction of sp³-hybridized carbons (Fsp3) is 0.125. The Labute approximate surface area is 115 Å². The molecule has 0 amide bonds. The van der Waals surface area contributed by atoms with Crippen molar-refractivity contribution in [2.75, 3.05) is 0 Å². The molecule has 0 aliphatic rings. The highest BCUT2D eigenvalue weighted by atomic mass is 16.5. The van der Waals surface area contributed by atoms with E-state index in [1.807, 2.05) is 48.5 Å². The largest absolute Gasteiger partial charge is 0.481 e. The van der Waals surface area contributed by atoms with Gasteiger partial charge in [0.25, 0.3) is 0 Å². The molecule has 4 heteroatoms. The molecule has 3 rings (SSSR count). The quantitative estimate of drug-likeness (QED) is 0.789. The van der Waals surface area contributed by atoms with Crippen LogP contribution in [0.2, 0.25) is 0 Å². The minimum absolute atomic E-state index is 0.126. The fourth-order valence-electron chi connectivity index (χ4n) is 2.36. The van der Waals surface area contributed by atoms with Crippen LogP contribution in [0.4, 0.5) is 0 Å². The average molecular weight is 267 g/mol. The van der Waals surface area contributed by atoms with Crippen LogP contribution in [0.15, 0.2) is 53.1 Å².